The lowest BCUT2D eigenvalue weighted by molar-refractivity contribution is -0.173. The van der Waals surface area contributed by atoms with Crippen LogP contribution in [0.5, 0.6) is 0 Å². The van der Waals surface area contributed by atoms with Crippen molar-refractivity contribution in [2.75, 3.05) is 0 Å². The number of ether oxygens (including phenoxy) is 1. The number of hydroxylamine groups is 1. The van der Waals surface area contributed by atoms with E-state index in [0.29, 0.717) is 6.42 Å². The molecule has 0 saturated carbocycles. The molecule has 0 unspecified atom stereocenters. The van der Waals surface area contributed by atoms with E-state index in [4.69, 9.17) is 9.94 Å². The molecular formula is C21H27NO4. The zero-order chi connectivity index (χ0) is 19.0. The molecule has 2 aromatic rings. The summed E-state index contributed by atoms with van der Waals surface area (Å²) in [7, 11) is 0. The third-order valence-corrected chi connectivity index (χ3v) is 4.62. The van der Waals surface area contributed by atoms with E-state index in [1.165, 1.54) is 6.92 Å². The first-order valence-corrected chi connectivity index (χ1v) is 8.92. The summed E-state index contributed by atoms with van der Waals surface area (Å²) in [4.78, 5) is 12.1. The van der Waals surface area contributed by atoms with Crippen molar-refractivity contribution in [1.29, 1.82) is 0 Å². The maximum Gasteiger partial charge on any atom is 0.277 e. The molecule has 0 radical (unpaired) electrons. The van der Waals surface area contributed by atoms with Gasteiger partial charge in [0.2, 0.25) is 0 Å². The summed E-state index contributed by atoms with van der Waals surface area (Å²) in [5.41, 5.74) is 3.19. The summed E-state index contributed by atoms with van der Waals surface area (Å²) < 4.78 is 5.75. The fraction of sp³-hybridized carbons (Fsp3) is 0.381. The number of benzene rings is 2. The van der Waals surface area contributed by atoms with Crippen molar-refractivity contribution in [1.82, 2.24) is 5.48 Å². The number of carbonyl (C=O) groups is 1. The third kappa shape index (κ3) is 4.91. The number of rotatable bonds is 9. The maximum absolute atomic E-state index is 12.1. The van der Waals surface area contributed by atoms with Crippen LogP contribution in [0, 0.1) is 0 Å². The normalized spacial score (nSPS) is 14.5. The van der Waals surface area contributed by atoms with Crippen LogP contribution in [0.4, 0.5) is 0 Å². The summed E-state index contributed by atoms with van der Waals surface area (Å²) in [6, 6.07) is 17.9. The maximum atomic E-state index is 12.1. The Morgan fingerprint density at radius 1 is 1.12 bits per heavy atom. The van der Waals surface area contributed by atoms with Crippen molar-refractivity contribution in [3.05, 3.63) is 60.2 Å². The molecule has 2 aromatic carbocycles. The van der Waals surface area contributed by atoms with Crippen LogP contribution in [0.15, 0.2) is 54.6 Å². The standard InChI is InChI=1S/C21H27NO4/c1-3-4-10-19(23)21(2,20(24)22-25)26-15-16-11-13-18(14-12-16)17-8-6-5-7-9-17/h5-9,11-14,19,23,25H,3-4,10,15H2,1-2H3,(H,22,24)/t19-,21+/m1/s1. The Bertz CT molecular complexity index is 687. The van der Waals surface area contributed by atoms with Crippen molar-refractivity contribution in [3.63, 3.8) is 0 Å². The van der Waals surface area contributed by atoms with Gasteiger partial charge in [0.1, 0.15) is 0 Å². The van der Waals surface area contributed by atoms with Gasteiger partial charge < -0.3 is 9.84 Å². The SMILES string of the molecule is CCCC[C@@H](O)[C@](C)(OCc1ccc(-c2ccccc2)cc1)C(=O)NO. The van der Waals surface area contributed by atoms with E-state index in [0.717, 1.165) is 29.5 Å². The molecule has 140 valence electrons. The van der Waals surface area contributed by atoms with Crippen LogP contribution in [-0.4, -0.2) is 27.9 Å². The van der Waals surface area contributed by atoms with Crippen LogP contribution in [0.1, 0.15) is 38.7 Å². The molecule has 26 heavy (non-hydrogen) atoms. The first kappa shape index (κ1) is 20.1. The molecule has 1 amide bonds. The van der Waals surface area contributed by atoms with Crippen molar-refractivity contribution >= 4 is 5.91 Å². The topological polar surface area (TPSA) is 78.8 Å². The number of nitrogens with one attached hydrogen (secondary N) is 1. The summed E-state index contributed by atoms with van der Waals surface area (Å²) >= 11 is 0. The molecule has 0 aliphatic rings. The van der Waals surface area contributed by atoms with E-state index in [9.17, 15) is 9.90 Å². The molecule has 0 fully saturated rings. The predicted molar refractivity (Wildman–Crippen MR) is 101 cm³/mol. The number of hydrogen-bond acceptors (Lipinski definition) is 4. The highest BCUT2D eigenvalue weighted by Crippen LogP contribution is 2.24. The van der Waals surface area contributed by atoms with Gasteiger partial charge in [-0.1, -0.05) is 74.4 Å². The minimum Gasteiger partial charge on any atom is -0.390 e. The quantitative estimate of drug-likeness (QED) is 0.472. The molecule has 2 atom stereocenters. The Morgan fingerprint density at radius 3 is 2.31 bits per heavy atom. The summed E-state index contributed by atoms with van der Waals surface area (Å²) in [5.74, 6) is -0.748. The average Bonchev–Trinajstić information content (AvgIpc) is 2.70. The molecule has 0 aromatic heterocycles. The molecule has 3 N–H and O–H groups in total. The van der Waals surface area contributed by atoms with Crippen LogP contribution in [0.3, 0.4) is 0 Å². The third-order valence-electron chi connectivity index (χ3n) is 4.62. The van der Waals surface area contributed by atoms with E-state index in [2.05, 4.69) is 0 Å². The predicted octanol–water partition coefficient (Wildman–Crippen LogP) is 3.69. The Morgan fingerprint density at radius 2 is 1.73 bits per heavy atom. The Labute approximate surface area is 154 Å². The van der Waals surface area contributed by atoms with Gasteiger partial charge in [0.15, 0.2) is 5.60 Å². The molecule has 0 saturated heterocycles. The summed E-state index contributed by atoms with van der Waals surface area (Å²) in [6.07, 6.45) is 1.09. The fourth-order valence-electron chi connectivity index (χ4n) is 2.75. The number of hydrogen-bond donors (Lipinski definition) is 3. The van der Waals surface area contributed by atoms with Gasteiger partial charge >= 0.3 is 0 Å². The van der Waals surface area contributed by atoms with Gasteiger partial charge in [0.25, 0.3) is 5.91 Å². The number of carbonyl (C=O) groups excluding carboxylic acids is 1. The van der Waals surface area contributed by atoms with Crippen molar-refractivity contribution in [3.8, 4) is 11.1 Å². The zero-order valence-corrected chi connectivity index (χ0v) is 15.3. The molecule has 0 aliphatic heterocycles. The highest BCUT2D eigenvalue weighted by Gasteiger charge is 2.41. The van der Waals surface area contributed by atoms with Crippen LogP contribution >= 0.6 is 0 Å². The van der Waals surface area contributed by atoms with Crippen molar-refractivity contribution < 1.29 is 19.8 Å². The van der Waals surface area contributed by atoms with Crippen molar-refractivity contribution in [2.45, 2.75) is 51.4 Å². The molecule has 5 heteroatoms. The van der Waals surface area contributed by atoms with Gasteiger partial charge in [0, 0.05) is 0 Å². The van der Waals surface area contributed by atoms with E-state index < -0.39 is 17.6 Å². The minimum absolute atomic E-state index is 0.155. The van der Waals surface area contributed by atoms with Gasteiger partial charge in [0.05, 0.1) is 12.7 Å². The molecular weight excluding hydrogens is 330 g/mol. The highest BCUT2D eigenvalue weighted by atomic mass is 16.5. The number of amides is 1. The minimum atomic E-state index is -1.51. The summed E-state index contributed by atoms with van der Waals surface area (Å²) in [6.45, 7) is 3.66. The lowest BCUT2D eigenvalue weighted by Gasteiger charge is -2.32. The van der Waals surface area contributed by atoms with E-state index in [1.54, 1.807) is 5.48 Å². The van der Waals surface area contributed by atoms with E-state index in [1.807, 2.05) is 61.5 Å². The Balaban J connectivity index is 2.07. The monoisotopic (exact) mass is 357 g/mol. The molecule has 0 bridgehead atoms. The zero-order valence-electron chi connectivity index (χ0n) is 15.3. The number of aliphatic hydroxyl groups excluding tert-OH is 1. The molecule has 0 aliphatic carbocycles. The smallest absolute Gasteiger partial charge is 0.277 e. The molecule has 0 spiro atoms. The van der Waals surface area contributed by atoms with E-state index >= 15 is 0 Å². The number of unbranched alkanes of at least 4 members (excludes halogenated alkanes) is 1. The first-order chi connectivity index (χ1) is 12.5. The molecule has 5 nitrogen and oxygen atoms in total. The van der Waals surface area contributed by atoms with Gasteiger partial charge in [-0.05, 0) is 30.0 Å². The van der Waals surface area contributed by atoms with Crippen LogP contribution in [0.25, 0.3) is 11.1 Å². The lowest BCUT2D eigenvalue weighted by atomic mass is 9.93. The van der Waals surface area contributed by atoms with Crippen LogP contribution in [0.2, 0.25) is 0 Å². The second-order valence-corrected chi connectivity index (χ2v) is 6.56. The second-order valence-electron chi connectivity index (χ2n) is 6.56. The summed E-state index contributed by atoms with van der Waals surface area (Å²) in [5, 5.41) is 19.4. The van der Waals surface area contributed by atoms with Crippen LogP contribution < -0.4 is 5.48 Å². The largest absolute Gasteiger partial charge is 0.390 e. The Hall–Kier alpha value is -2.21. The molecule has 0 heterocycles. The van der Waals surface area contributed by atoms with Gasteiger partial charge in [-0.25, -0.2) is 5.48 Å². The molecule has 2 rings (SSSR count). The average molecular weight is 357 g/mol. The van der Waals surface area contributed by atoms with Gasteiger partial charge in [-0.2, -0.15) is 0 Å². The Kier molecular flexibility index (Phi) is 7.33. The second kappa shape index (κ2) is 9.48. The van der Waals surface area contributed by atoms with E-state index in [-0.39, 0.29) is 6.61 Å². The van der Waals surface area contributed by atoms with Gasteiger partial charge in [-0.15, -0.1) is 0 Å². The lowest BCUT2D eigenvalue weighted by Crippen LogP contribution is -2.53. The highest BCUT2D eigenvalue weighted by molar-refractivity contribution is 5.84. The van der Waals surface area contributed by atoms with Crippen LogP contribution in [-0.2, 0) is 16.1 Å². The fourth-order valence-corrected chi connectivity index (χ4v) is 2.75. The first-order valence-electron chi connectivity index (χ1n) is 8.92. The van der Waals surface area contributed by atoms with Crippen molar-refractivity contribution in [2.24, 2.45) is 0 Å². The van der Waals surface area contributed by atoms with Gasteiger partial charge in [-0.3, -0.25) is 10.0 Å². The number of aliphatic hydroxyl groups is 1.